The van der Waals surface area contributed by atoms with E-state index < -0.39 is 9.84 Å². The van der Waals surface area contributed by atoms with Crippen molar-refractivity contribution in [2.24, 2.45) is 0 Å². The van der Waals surface area contributed by atoms with Crippen LogP contribution in [0.4, 0.5) is 0 Å². The molecule has 0 saturated carbocycles. The summed E-state index contributed by atoms with van der Waals surface area (Å²) >= 11 is 0. The molecule has 19 heavy (non-hydrogen) atoms. The molecule has 0 aliphatic carbocycles. The first-order chi connectivity index (χ1) is 8.84. The van der Waals surface area contributed by atoms with Crippen LogP contribution >= 0.6 is 0 Å². The number of para-hydroxylation sites is 1. The van der Waals surface area contributed by atoms with Gasteiger partial charge in [0.1, 0.15) is 16.4 Å². The Morgan fingerprint density at radius 2 is 1.58 bits per heavy atom. The molecule has 0 fully saturated rings. The minimum Gasteiger partial charge on any atom is -0.508 e. The third kappa shape index (κ3) is 2.29. The van der Waals surface area contributed by atoms with Gasteiger partial charge < -0.3 is 10.2 Å². The SMILES string of the molecule is Cc1cc(O)cc(S(=O)(=O)c2ccccc2O)c1C. The normalized spacial score (nSPS) is 11.5. The highest BCUT2D eigenvalue weighted by atomic mass is 32.2. The third-order valence-corrected chi connectivity index (χ3v) is 4.98. The van der Waals surface area contributed by atoms with Gasteiger partial charge in [0.15, 0.2) is 0 Å². The number of benzene rings is 2. The fourth-order valence-electron chi connectivity index (χ4n) is 1.89. The van der Waals surface area contributed by atoms with Crippen LogP contribution in [0, 0.1) is 13.8 Å². The van der Waals surface area contributed by atoms with Crippen LogP contribution < -0.4 is 0 Å². The second-order valence-corrected chi connectivity index (χ2v) is 6.24. The van der Waals surface area contributed by atoms with E-state index in [9.17, 15) is 18.6 Å². The first-order valence-electron chi connectivity index (χ1n) is 5.67. The summed E-state index contributed by atoms with van der Waals surface area (Å²) in [4.78, 5) is -0.158. The summed E-state index contributed by atoms with van der Waals surface area (Å²) in [5.74, 6) is -0.417. The van der Waals surface area contributed by atoms with Gasteiger partial charge >= 0.3 is 0 Å². The van der Waals surface area contributed by atoms with E-state index in [1.165, 1.54) is 30.3 Å². The molecule has 0 aromatic heterocycles. The van der Waals surface area contributed by atoms with E-state index in [1.807, 2.05) is 0 Å². The molecule has 0 spiro atoms. The largest absolute Gasteiger partial charge is 0.508 e. The molecule has 2 rings (SSSR count). The van der Waals surface area contributed by atoms with Crippen LogP contribution in [0.1, 0.15) is 11.1 Å². The zero-order valence-corrected chi connectivity index (χ0v) is 11.4. The molecule has 0 saturated heterocycles. The second-order valence-electron chi connectivity index (χ2n) is 4.36. The number of sulfone groups is 1. The standard InChI is InChI=1S/C14H14O4S/c1-9-7-11(15)8-14(10(9)2)19(17,18)13-6-4-3-5-12(13)16/h3-8,15-16H,1-2H3. The summed E-state index contributed by atoms with van der Waals surface area (Å²) in [5.41, 5.74) is 1.23. The fraction of sp³-hybridized carbons (Fsp3) is 0.143. The van der Waals surface area contributed by atoms with Crippen LogP contribution in [0.3, 0.4) is 0 Å². The van der Waals surface area contributed by atoms with E-state index in [0.717, 1.165) is 0 Å². The summed E-state index contributed by atoms with van der Waals surface area (Å²) in [6, 6.07) is 8.44. The van der Waals surface area contributed by atoms with Gasteiger partial charge in [-0.05, 0) is 49.2 Å². The summed E-state index contributed by atoms with van der Waals surface area (Å²) in [6.45, 7) is 3.39. The van der Waals surface area contributed by atoms with Gasteiger partial charge in [0.2, 0.25) is 9.84 Å². The maximum Gasteiger partial charge on any atom is 0.210 e. The maximum atomic E-state index is 12.5. The summed E-state index contributed by atoms with van der Waals surface area (Å²) in [6.07, 6.45) is 0. The van der Waals surface area contributed by atoms with Crippen molar-refractivity contribution >= 4 is 9.84 Å². The van der Waals surface area contributed by atoms with Crippen molar-refractivity contribution in [2.45, 2.75) is 23.6 Å². The zero-order valence-electron chi connectivity index (χ0n) is 10.6. The van der Waals surface area contributed by atoms with Gasteiger partial charge in [-0.1, -0.05) is 12.1 Å². The lowest BCUT2D eigenvalue weighted by atomic mass is 10.1. The van der Waals surface area contributed by atoms with Crippen molar-refractivity contribution < 1.29 is 18.6 Å². The summed E-state index contributed by atoms with van der Waals surface area (Å²) in [7, 11) is -3.86. The summed E-state index contributed by atoms with van der Waals surface area (Å²) in [5, 5.41) is 19.3. The van der Waals surface area contributed by atoms with E-state index in [1.54, 1.807) is 19.9 Å². The zero-order chi connectivity index (χ0) is 14.2. The fourth-order valence-corrected chi connectivity index (χ4v) is 3.57. The van der Waals surface area contributed by atoms with Crippen LogP contribution in [-0.2, 0) is 9.84 Å². The minimum absolute atomic E-state index is 0.00602. The molecular weight excluding hydrogens is 264 g/mol. The molecule has 2 aromatic rings. The average molecular weight is 278 g/mol. The quantitative estimate of drug-likeness (QED) is 0.885. The van der Waals surface area contributed by atoms with Crippen molar-refractivity contribution in [1.82, 2.24) is 0 Å². The lowest BCUT2D eigenvalue weighted by Crippen LogP contribution is -2.05. The molecule has 0 unspecified atom stereocenters. The van der Waals surface area contributed by atoms with E-state index in [-0.39, 0.29) is 21.3 Å². The Bertz CT molecular complexity index is 733. The van der Waals surface area contributed by atoms with Crippen molar-refractivity contribution in [3.63, 3.8) is 0 Å². The van der Waals surface area contributed by atoms with Gasteiger partial charge in [-0.25, -0.2) is 8.42 Å². The first-order valence-corrected chi connectivity index (χ1v) is 7.15. The Morgan fingerprint density at radius 1 is 0.947 bits per heavy atom. The molecule has 0 atom stereocenters. The molecule has 0 aliphatic rings. The highest BCUT2D eigenvalue weighted by Crippen LogP contribution is 2.33. The highest BCUT2D eigenvalue weighted by Gasteiger charge is 2.24. The van der Waals surface area contributed by atoms with Crippen molar-refractivity contribution in [2.75, 3.05) is 0 Å². The van der Waals surface area contributed by atoms with Crippen molar-refractivity contribution in [1.29, 1.82) is 0 Å². The molecule has 0 radical (unpaired) electrons. The van der Waals surface area contributed by atoms with Gasteiger partial charge in [-0.3, -0.25) is 0 Å². The van der Waals surface area contributed by atoms with Gasteiger partial charge in [0, 0.05) is 0 Å². The smallest absolute Gasteiger partial charge is 0.210 e. The van der Waals surface area contributed by atoms with E-state index in [0.29, 0.717) is 11.1 Å². The van der Waals surface area contributed by atoms with Crippen LogP contribution in [-0.4, -0.2) is 18.6 Å². The topological polar surface area (TPSA) is 74.6 Å². The molecule has 0 heterocycles. The van der Waals surface area contributed by atoms with Gasteiger partial charge in [-0.15, -0.1) is 0 Å². The molecule has 2 aromatic carbocycles. The Hall–Kier alpha value is -2.01. The Kier molecular flexibility index (Phi) is 3.24. The highest BCUT2D eigenvalue weighted by molar-refractivity contribution is 7.91. The molecule has 0 aliphatic heterocycles. The lowest BCUT2D eigenvalue weighted by Gasteiger charge is -2.11. The molecular formula is C14H14O4S. The van der Waals surface area contributed by atoms with E-state index >= 15 is 0 Å². The Labute approximate surface area is 111 Å². The minimum atomic E-state index is -3.86. The molecule has 5 heteroatoms. The van der Waals surface area contributed by atoms with Crippen LogP contribution in [0.2, 0.25) is 0 Å². The lowest BCUT2D eigenvalue weighted by molar-refractivity contribution is 0.458. The van der Waals surface area contributed by atoms with Crippen LogP contribution in [0.15, 0.2) is 46.2 Å². The molecule has 4 nitrogen and oxygen atoms in total. The predicted octanol–water partition coefficient (Wildman–Crippen LogP) is 2.55. The van der Waals surface area contributed by atoms with E-state index in [2.05, 4.69) is 0 Å². The van der Waals surface area contributed by atoms with Crippen molar-refractivity contribution in [3.05, 3.63) is 47.5 Å². The average Bonchev–Trinajstić information content (AvgIpc) is 2.34. The molecule has 2 N–H and O–H groups in total. The number of phenols is 2. The predicted molar refractivity (Wildman–Crippen MR) is 71.1 cm³/mol. The van der Waals surface area contributed by atoms with Gasteiger partial charge in [-0.2, -0.15) is 0 Å². The summed E-state index contributed by atoms with van der Waals surface area (Å²) < 4.78 is 25.0. The number of aromatic hydroxyl groups is 2. The number of aryl methyl sites for hydroxylation is 1. The van der Waals surface area contributed by atoms with E-state index in [4.69, 9.17) is 0 Å². The number of rotatable bonds is 2. The molecule has 100 valence electrons. The number of hydrogen-bond acceptors (Lipinski definition) is 4. The molecule has 0 bridgehead atoms. The second kappa shape index (κ2) is 4.59. The number of phenolic OH excluding ortho intramolecular Hbond substituents is 2. The van der Waals surface area contributed by atoms with Gasteiger partial charge in [0.25, 0.3) is 0 Å². The van der Waals surface area contributed by atoms with Crippen LogP contribution in [0.25, 0.3) is 0 Å². The third-order valence-electron chi connectivity index (χ3n) is 3.05. The maximum absolute atomic E-state index is 12.5. The number of hydrogen-bond donors (Lipinski definition) is 2. The van der Waals surface area contributed by atoms with Crippen LogP contribution in [0.5, 0.6) is 11.5 Å². The Morgan fingerprint density at radius 3 is 2.21 bits per heavy atom. The monoisotopic (exact) mass is 278 g/mol. The first kappa shape index (κ1) is 13.4. The molecule has 0 amide bonds. The Balaban J connectivity index is 2.75. The van der Waals surface area contributed by atoms with Crippen molar-refractivity contribution in [3.8, 4) is 11.5 Å². The van der Waals surface area contributed by atoms with Gasteiger partial charge in [0.05, 0.1) is 4.90 Å².